The van der Waals surface area contributed by atoms with E-state index in [0.717, 1.165) is 42.4 Å². The minimum atomic E-state index is -0.543. The maximum atomic E-state index is 11.0. The van der Waals surface area contributed by atoms with Crippen molar-refractivity contribution in [1.82, 2.24) is 0 Å². The van der Waals surface area contributed by atoms with Crippen molar-refractivity contribution in [2.45, 2.75) is 84.2 Å². The number of hydrogen-bond acceptors (Lipinski definition) is 2. The Balaban J connectivity index is 1.48. The monoisotopic (exact) mass is 346 g/mol. The standard InChI is InChI=1S/C23H38O2/c1-4-17-7-9-21-20-8-6-16-14-23(24,15-25-5-2)13-11-18(16)19(20)10-12-22(17,21)3/h4,16,18-21,24H,5-15H2,1-3H3/t16-,18+,19-,20-,21+,22-,23-/m1/s1. The second-order valence-corrected chi connectivity index (χ2v) is 9.85. The van der Waals surface area contributed by atoms with E-state index in [9.17, 15) is 5.11 Å². The van der Waals surface area contributed by atoms with Gasteiger partial charge in [-0.15, -0.1) is 0 Å². The molecule has 0 unspecified atom stereocenters. The highest BCUT2D eigenvalue weighted by Gasteiger charge is 2.56. The molecule has 0 aliphatic heterocycles. The van der Waals surface area contributed by atoms with Gasteiger partial charge in [0.25, 0.3) is 0 Å². The summed E-state index contributed by atoms with van der Waals surface area (Å²) < 4.78 is 5.60. The molecule has 4 aliphatic carbocycles. The maximum absolute atomic E-state index is 11.0. The van der Waals surface area contributed by atoms with Gasteiger partial charge in [-0.05, 0) is 107 Å². The first kappa shape index (κ1) is 18.0. The topological polar surface area (TPSA) is 29.5 Å². The number of ether oxygens (including phenoxy) is 1. The van der Waals surface area contributed by atoms with Gasteiger partial charge in [-0.2, -0.15) is 0 Å². The highest BCUT2D eigenvalue weighted by Crippen LogP contribution is 2.64. The predicted octanol–water partition coefficient (Wildman–Crippen LogP) is 5.35. The normalized spacial score (nSPS) is 51.0. The van der Waals surface area contributed by atoms with Gasteiger partial charge in [-0.3, -0.25) is 0 Å². The fourth-order valence-electron chi connectivity index (χ4n) is 7.71. The summed E-state index contributed by atoms with van der Waals surface area (Å²) in [5, 5.41) is 11.0. The summed E-state index contributed by atoms with van der Waals surface area (Å²) in [5.41, 5.74) is 1.72. The molecule has 0 aromatic carbocycles. The Morgan fingerprint density at radius 3 is 2.64 bits per heavy atom. The van der Waals surface area contributed by atoms with Gasteiger partial charge >= 0.3 is 0 Å². The average Bonchev–Trinajstić information content (AvgIpc) is 2.96. The van der Waals surface area contributed by atoms with Crippen molar-refractivity contribution < 1.29 is 9.84 Å². The molecule has 0 radical (unpaired) electrons. The van der Waals surface area contributed by atoms with E-state index in [0.29, 0.717) is 18.6 Å². The third-order valence-corrected chi connectivity index (χ3v) is 8.88. The fraction of sp³-hybridized carbons (Fsp3) is 0.913. The number of fused-ring (bicyclic) bond motifs is 5. The van der Waals surface area contributed by atoms with Crippen LogP contribution in [0.15, 0.2) is 11.6 Å². The lowest BCUT2D eigenvalue weighted by atomic mass is 9.49. The largest absolute Gasteiger partial charge is 0.387 e. The average molecular weight is 347 g/mol. The molecule has 0 heterocycles. The molecule has 4 aliphatic rings. The van der Waals surface area contributed by atoms with Crippen LogP contribution in [0.2, 0.25) is 0 Å². The second-order valence-electron chi connectivity index (χ2n) is 9.85. The lowest BCUT2D eigenvalue weighted by Crippen LogP contribution is -2.51. The zero-order chi connectivity index (χ0) is 17.7. The SMILES string of the molecule is CC=C1CC[C@H]2[C@@H]3CC[C@@H]4C[C@@](O)(COCC)CC[C@@H]4[C@H]3CC[C@]12C. The van der Waals surface area contributed by atoms with E-state index >= 15 is 0 Å². The molecule has 25 heavy (non-hydrogen) atoms. The molecule has 1 N–H and O–H groups in total. The molecule has 0 aromatic heterocycles. The summed E-state index contributed by atoms with van der Waals surface area (Å²) in [4.78, 5) is 0. The fourth-order valence-corrected chi connectivity index (χ4v) is 7.71. The van der Waals surface area contributed by atoms with Gasteiger partial charge in [-0.1, -0.05) is 18.6 Å². The quantitative estimate of drug-likeness (QED) is 0.698. The molecule has 0 amide bonds. The van der Waals surface area contributed by atoms with E-state index < -0.39 is 5.60 Å². The van der Waals surface area contributed by atoms with Crippen LogP contribution in [-0.2, 0) is 4.74 Å². The van der Waals surface area contributed by atoms with Crippen LogP contribution in [0.25, 0.3) is 0 Å². The van der Waals surface area contributed by atoms with E-state index in [1.807, 2.05) is 6.92 Å². The Morgan fingerprint density at radius 1 is 1.08 bits per heavy atom. The first-order valence-corrected chi connectivity index (χ1v) is 11.0. The maximum Gasteiger partial charge on any atom is 0.0883 e. The summed E-state index contributed by atoms with van der Waals surface area (Å²) in [6.07, 6.45) is 14.0. The highest BCUT2D eigenvalue weighted by molar-refractivity contribution is 5.23. The minimum absolute atomic E-state index is 0.507. The lowest BCUT2D eigenvalue weighted by Gasteiger charge is -2.56. The van der Waals surface area contributed by atoms with Crippen molar-refractivity contribution in [2.75, 3.05) is 13.2 Å². The second kappa shape index (κ2) is 6.68. The predicted molar refractivity (Wildman–Crippen MR) is 102 cm³/mol. The molecular formula is C23H38O2. The number of hydrogen-bond donors (Lipinski definition) is 1. The van der Waals surface area contributed by atoms with Gasteiger partial charge in [-0.25, -0.2) is 0 Å². The summed E-state index contributed by atoms with van der Waals surface area (Å²) in [5.74, 6) is 4.44. The van der Waals surface area contributed by atoms with Crippen LogP contribution in [0.1, 0.15) is 78.6 Å². The molecule has 4 rings (SSSR count). The van der Waals surface area contributed by atoms with Crippen molar-refractivity contribution in [3.63, 3.8) is 0 Å². The van der Waals surface area contributed by atoms with Crippen molar-refractivity contribution >= 4 is 0 Å². The molecule has 4 fully saturated rings. The molecule has 7 atom stereocenters. The zero-order valence-electron chi connectivity index (χ0n) is 16.6. The van der Waals surface area contributed by atoms with Crippen LogP contribution >= 0.6 is 0 Å². The number of rotatable bonds is 3. The third-order valence-electron chi connectivity index (χ3n) is 8.88. The Morgan fingerprint density at radius 2 is 1.88 bits per heavy atom. The van der Waals surface area contributed by atoms with Gasteiger partial charge in [0.05, 0.1) is 12.2 Å². The van der Waals surface area contributed by atoms with Crippen LogP contribution in [0.4, 0.5) is 0 Å². The van der Waals surface area contributed by atoms with E-state index in [4.69, 9.17) is 4.74 Å². The van der Waals surface area contributed by atoms with Gasteiger partial charge in [0.1, 0.15) is 0 Å². The number of aliphatic hydroxyl groups is 1. The molecule has 2 nitrogen and oxygen atoms in total. The molecule has 2 heteroatoms. The highest BCUT2D eigenvalue weighted by atomic mass is 16.5. The number of allylic oxidation sites excluding steroid dienone is 2. The van der Waals surface area contributed by atoms with E-state index in [2.05, 4.69) is 19.9 Å². The Bertz CT molecular complexity index is 526. The Labute approximate surface area is 154 Å². The van der Waals surface area contributed by atoms with Crippen molar-refractivity contribution in [3.8, 4) is 0 Å². The van der Waals surface area contributed by atoms with Crippen molar-refractivity contribution in [2.24, 2.45) is 35.0 Å². The van der Waals surface area contributed by atoms with Crippen LogP contribution in [0, 0.1) is 35.0 Å². The van der Waals surface area contributed by atoms with Gasteiger partial charge in [0, 0.05) is 6.61 Å². The Hall–Kier alpha value is -0.340. The first-order chi connectivity index (χ1) is 12.0. The lowest BCUT2D eigenvalue weighted by molar-refractivity contribution is -0.123. The van der Waals surface area contributed by atoms with Crippen LogP contribution < -0.4 is 0 Å². The Kier molecular flexibility index (Phi) is 4.82. The molecule has 0 aromatic rings. The zero-order valence-corrected chi connectivity index (χ0v) is 16.6. The van der Waals surface area contributed by atoms with Crippen LogP contribution in [0.5, 0.6) is 0 Å². The van der Waals surface area contributed by atoms with Crippen molar-refractivity contribution in [3.05, 3.63) is 11.6 Å². The van der Waals surface area contributed by atoms with Crippen LogP contribution in [0.3, 0.4) is 0 Å². The summed E-state index contributed by atoms with van der Waals surface area (Å²) >= 11 is 0. The van der Waals surface area contributed by atoms with Gasteiger partial charge < -0.3 is 9.84 Å². The molecule has 0 spiro atoms. The molecular weight excluding hydrogens is 308 g/mol. The molecule has 0 bridgehead atoms. The third kappa shape index (κ3) is 2.92. The van der Waals surface area contributed by atoms with E-state index in [1.54, 1.807) is 5.57 Å². The van der Waals surface area contributed by atoms with Gasteiger partial charge in [0.2, 0.25) is 0 Å². The smallest absolute Gasteiger partial charge is 0.0883 e. The van der Waals surface area contributed by atoms with E-state index in [-0.39, 0.29) is 0 Å². The minimum Gasteiger partial charge on any atom is -0.387 e. The summed E-state index contributed by atoms with van der Waals surface area (Å²) in [6.45, 7) is 8.12. The molecule has 4 saturated carbocycles. The van der Waals surface area contributed by atoms with Crippen molar-refractivity contribution in [1.29, 1.82) is 0 Å². The summed E-state index contributed by atoms with van der Waals surface area (Å²) in [7, 11) is 0. The molecule has 0 saturated heterocycles. The molecule has 142 valence electrons. The first-order valence-electron chi connectivity index (χ1n) is 11.0. The van der Waals surface area contributed by atoms with Gasteiger partial charge in [0.15, 0.2) is 0 Å². The summed E-state index contributed by atoms with van der Waals surface area (Å²) in [6, 6.07) is 0. The van der Waals surface area contributed by atoms with E-state index in [1.165, 1.54) is 44.9 Å². The van der Waals surface area contributed by atoms with Crippen LogP contribution in [-0.4, -0.2) is 23.9 Å².